The zero-order valence-electron chi connectivity index (χ0n) is 48.6. The lowest BCUT2D eigenvalue weighted by atomic mass is 9.93. The summed E-state index contributed by atoms with van der Waals surface area (Å²) in [5.74, 6) is -1.57. The van der Waals surface area contributed by atoms with E-state index >= 15 is 0 Å². The van der Waals surface area contributed by atoms with Gasteiger partial charge in [0.2, 0.25) is 17.7 Å². The lowest BCUT2D eigenvalue weighted by Crippen LogP contribution is -2.54. The summed E-state index contributed by atoms with van der Waals surface area (Å²) in [5.41, 5.74) is 9.01. The van der Waals surface area contributed by atoms with Crippen LogP contribution in [0.3, 0.4) is 0 Å². The van der Waals surface area contributed by atoms with Crippen molar-refractivity contribution in [2.24, 2.45) is 11.7 Å². The summed E-state index contributed by atoms with van der Waals surface area (Å²) >= 11 is 0. The van der Waals surface area contributed by atoms with Gasteiger partial charge in [0.05, 0.1) is 29.9 Å². The Labute approximate surface area is 477 Å². The number of anilines is 2. The fourth-order valence-electron chi connectivity index (χ4n) is 9.43. The Morgan fingerprint density at radius 2 is 1.59 bits per heavy atom. The number of ether oxygens (including phenoxy) is 4. The zero-order valence-corrected chi connectivity index (χ0v) is 48.6. The van der Waals surface area contributed by atoms with Gasteiger partial charge >= 0.3 is 24.2 Å². The molecule has 5 aromatic rings. The van der Waals surface area contributed by atoms with Gasteiger partial charge in [0.1, 0.15) is 30.6 Å². The molecule has 1 unspecified atom stereocenters. The van der Waals surface area contributed by atoms with Crippen LogP contribution < -0.4 is 46.7 Å². The third-order valence-electron chi connectivity index (χ3n) is 14.0. The van der Waals surface area contributed by atoms with Crippen LogP contribution in [0.25, 0.3) is 21.9 Å². The summed E-state index contributed by atoms with van der Waals surface area (Å²) < 4.78 is 28.9. The Kier molecular flexibility index (Phi) is 22.5. The number of amides is 8. The van der Waals surface area contributed by atoms with Crippen molar-refractivity contribution >= 4 is 81.1 Å². The second-order valence-corrected chi connectivity index (χ2v) is 20.9. The molecule has 1 aliphatic rings. The molecule has 0 spiro atoms. The Morgan fingerprint density at radius 1 is 0.866 bits per heavy atom. The molecule has 6 rings (SSSR count). The number of hydrogen-bond acceptors (Lipinski definition) is 15. The van der Waals surface area contributed by atoms with E-state index in [9.17, 15) is 38.4 Å². The topological polar surface area (TPSA) is 302 Å². The normalized spacial score (nSPS) is 13.6. The number of furan rings is 1. The zero-order chi connectivity index (χ0) is 59.8. The molecule has 8 N–H and O–H groups in total. The van der Waals surface area contributed by atoms with E-state index in [2.05, 4.69) is 31.6 Å². The number of carbonyl (C=O) groups is 8. The first-order chi connectivity index (χ1) is 39.1. The molecule has 24 heteroatoms. The monoisotopic (exact) mass is 1140 g/mol. The van der Waals surface area contributed by atoms with Crippen LogP contribution in [-0.2, 0) is 30.5 Å². The summed E-state index contributed by atoms with van der Waals surface area (Å²) in [6.07, 6.45) is 0.803. The van der Waals surface area contributed by atoms with Gasteiger partial charge in [-0.1, -0.05) is 39.8 Å². The quantitative estimate of drug-likeness (QED) is 0.0217. The van der Waals surface area contributed by atoms with E-state index in [1.165, 1.54) is 31.0 Å². The minimum Gasteiger partial charge on any atom is -0.492 e. The summed E-state index contributed by atoms with van der Waals surface area (Å²) in [5, 5.41) is 15.3. The number of aryl methyl sites for hydroxylation is 1. The Bertz CT molecular complexity index is 3080. The third kappa shape index (κ3) is 16.4. The number of aromatic amines is 1. The van der Waals surface area contributed by atoms with Crippen LogP contribution in [0.15, 0.2) is 59.0 Å². The molecule has 0 bridgehead atoms. The van der Waals surface area contributed by atoms with E-state index in [0.717, 1.165) is 18.5 Å². The molecule has 24 nitrogen and oxygen atoms in total. The Balaban J connectivity index is 1.07. The van der Waals surface area contributed by atoms with Crippen molar-refractivity contribution in [3.63, 3.8) is 0 Å². The van der Waals surface area contributed by atoms with Crippen LogP contribution in [0.1, 0.15) is 103 Å². The summed E-state index contributed by atoms with van der Waals surface area (Å²) in [6, 6.07) is 12.9. The standard InChI is InChI=1S/C58H79N11O13/c1-11-14-46(70)60-23-24-61-50(34(3)4)53(72)65-41(15-13-22-62-56(59)75)52(71)64-39-18-16-36(17-19-39)33-80-57(76)67(8)25-26-68(9)58(77)82-44-31-42-48(49-47(55(74)78-10)35(5)63-51(44)49)37(12-2)32-69(42)54(73)45-30-38-29-40(20-21-43(38)81-45)79-28-27-66(6)7/h16-21,29-31,34,37,41,50,61,63H,11-15,22-28,32-33H2,1-10H3,(H,60,70)(H,64,71)(H,65,72)(H3,59,62,75)/t37-,41?,50+/m1/s1. The van der Waals surface area contributed by atoms with Crippen LogP contribution in [-0.4, -0.2) is 167 Å². The number of hydrogen-bond donors (Lipinski definition) is 7. The number of carbonyl (C=O) groups excluding carboxylic acids is 8. The maximum absolute atomic E-state index is 14.5. The van der Waals surface area contributed by atoms with E-state index in [1.54, 1.807) is 60.4 Å². The number of nitrogens with zero attached hydrogens (tertiary/aromatic N) is 4. The molecular weight excluding hydrogens is 1060 g/mol. The lowest BCUT2D eigenvalue weighted by molar-refractivity contribution is -0.128. The fraction of sp³-hybridized carbons (Fsp3) is 0.483. The first kappa shape index (κ1) is 62.8. The van der Waals surface area contributed by atoms with Crippen LogP contribution in [0, 0.1) is 12.8 Å². The van der Waals surface area contributed by atoms with Crippen molar-refractivity contribution in [1.82, 2.24) is 41.0 Å². The van der Waals surface area contributed by atoms with Gasteiger partial charge in [-0.05, 0) is 100 Å². The number of benzene rings is 3. The number of urea groups is 1. The molecule has 3 aromatic carbocycles. The van der Waals surface area contributed by atoms with Crippen LogP contribution in [0.4, 0.5) is 25.8 Å². The van der Waals surface area contributed by atoms with E-state index in [4.69, 9.17) is 29.1 Å². The summed E-state index contributed by atoms with van der Waals surface area (Å²) in [6.45, 7) is 11.6. The van der Waals surface area contributed by atoms with Gasteiger partial charge in [0, 0.05) is 100 Å². The second-order valence-electron chi connectivity index (χ2n) is 20.9. The van der Waals surface area contributed by atoms with E-state index in [1.807, 2.05) is 52.8 Å². The van der Waals surface area contributed by atoms with Gasteiger partial charge in [0.25, 0.3) is 5.91 Å². The molecule has 8 amide bonds. The number of methoxy groups -OCH3 is 1. The number of nitrogens with two attached hydrogens (primary N) is 1. The van der Waals surface area contributed by atoms with Crippen molar-refractivity contribution in [3.8, 4) is 11.5 Å². The number of aromatic nitrogens is 1. The van der Waals surface area contributed by atoms with Crippen molar-refractivity contribution in [3.05, 3.63) is 82.7 Å². The average molecular weight is 1140 g/mol. The Morgan fingerprint density at radius 3 is 2.24 bits per heavy atom. The molecule has 0 saturated carbocycles. The van der Waals surface area contributed by atoms with Gasteiger partial charge in [-0.3, -0.25) is 19.2 Å². The molecule has 0 aliphatic carbocycles. The minimum absolute atomic E-state index is 0.0254. The summed E-state index contributed by atoms with van der Waals surface area (Å²) in [7, 11) is 8.22. The molecule has 444 valence electrons. The summed E-state index contributed by atoms with van der Waals surface area (Å²) in [4.78, 5) is 115. The van der Waals surface area contributed by atoms with Crippen LogP contribution in [0.2, 0.25) is 0 Å². The first-order valence-corrected chi connectivity index (χ1v) is 27.6. The number of fused-ring (bicyclic) bond motifs is 4. The first-order valence-electron chi connectivity index (χ1n) is 27.6. The maximum Gasteiger partial charge on any atom is 0.415 e. The minimum atomic E-state index is -0.979. The smallest absolute Gasteiger partial charge is 0.415 e. The number of rotatable bonds is 28. The van der Waals surface area contributed by atoms with Crippen molar-refractivity contribution in [2.45, 2.75) is 91.3 Å². The number of H-pyrrole nitrogens is 1. The molecule has 0 radical (unpaired) electrons. The molecule has 0 saturated heterocycles. The van der Waals surface area contributed by atoms with E-state index in [-0.39, 0.29) is 74.0 Å². The van der Waals surface area contributed by atoms with Gasteiger partial charge in [0.15, 0.2) is 11.5 Å². The predicted molar refractivity (Wildman–Crippen MR) is 309 cm³/mol. The highest BCUT2D eigenvalue weighted by molar-refractivity contribution is 6.15. The van der Waals surface area contributed by atoms with Gasteiger partial charge < -0.3 is 80.3 Å². The molecule has 0 fully saturated rings. The molecular formula is C58H79N11O13. The van der Waals surface area contributed by atoms with Crippen molar-refractivity contribution < 1.29 is 61.7 Å². The number of primary amides is 1. The Hall–Kier alpha value is -8.38. The highest BCUT2D eigenvalue weighted by atomic mass is 16.6. The highest BCUT2D eigenvalue weighted by Crippen LogP contribution is 2.48. The van der Waals surface area contributed by atoms with E-state index < -0.39 is 54.0 Å². The molecule has 3 atom stereocenters. The predicted octanol–water partition coefficient (Wildman–Crippen LogP) is 6.21. The van der Waals surface area contributed by atoms with Crippen LogP contribution in [0.5, 0.6) is 11.5 Å². The largest absolute Gasteiger partial charge is 0.492 e. The second kappa shape index (κ2) is 29.4. The number of esters is 1. The third-order valence-corrected chi connectivity index (χ3v) is 14.0. The average Bonchev–Trinajstić information content (AvgIpc) is 2.09. The van der Waals surface area contributed by atoms with Crippen molar-refractivity contribution in [1.29, 1.82) is 0 Å². The number of likely N-dealkylation sites (N-methyl/N-ethyl adjacent to an activating group) is 3. The molecule has 1 aliphatic heterocycles. The maximum atomic E-state index is 14.5. The highest BCUT2D eigenvalue weighted by Gasteiger charge is 2.39. The van der Waals surface area contributed by atoms with Crippen molar-refractivity contribution in [2.75, 3.05) is 97.9 Å². The number of nitrogens with one attached hydrogen (secondary N) is 6. The van der Waals surface area contributed by atoms with Gasteiger partial charge in [-0.2, -0.15) is 0 Å². The van der Waals surface area contributed by atoms with Crippen LogP contribution >= 0.6 is 0 Å². The van der Waals surface area contributed by atoms with Gasteiger partial charge in [-0.25, -0.2) is 19.2 Å². The van der Waals surface area contributed by atoms with Gasteiger partial charge in [-0.15, -0.1) is 0 Å². The molecule has 82 heavy (non-hydrogen) atoms. The lowest BCUT2D eigenvalue weighted by Gasteiger charge is -2.25. The SMILES string of the molecule is CCCC(=O)NCCN[C@H](C(=O)NC(CCCNC(N)=O)C(=O)Nc1ccc(COC(=O)N(C)CCN(C)C(=O)Oc2cc3c(c4c(C(=O)OC)c(C)[nH]c24)[C@H](CC)CN3C(=O)c2cc3cc(OCCN(C)C)ccc3o2)cc1)C(C)C. The van der Waals surface area contributed by atoms with E-state index in [0.29, 0.717) is 89.2 Å². The molecule has 3 heterocycles. The fourth-order valence-corrected chi connectivity index (χ4v) is 9.43. The molecule has 2 aromatic heterocycles.